The van der Waals surface area contributed by atoms with E-state index in [1.165, 1.54) is 11.8 Å². The Hall–Kier alpha value is -4.60. The molecule has 1 N–H and O–H groups in total. The quantitative estimate of drug-likeness (QED) is 0.110. The Bertz CT molecular complexity index is 1620. The molecule has 41 heavy (non-hydrogen) atoms. The van der Waals surface area contributed by atoms with Crippen LogP contribution < -0.4 is 14.9 Å². The van der Waals surface area contributed by atoms with Crippen molar-refractivity contribution < 1.29 is 14.3 Å². The van der Waals surface area contributed by atoms with Crippen LogP contribution in [-0.2, 0) is 11.4 Å². The number of nitrogens with zero attached hydrogens (tertiary/aromatic N) is 4. The molecule has 206 valence electrons. The lowest BCUT2D eigenvalue weighted by molar-refractivity contribution is -0.118. The molecule has 0 bridgehead atoms. The lowest BCUT2D eigenvalue weighted by Crippen LogP contribution is -2.20. The molecule has 10 heteroatoms. The van der Waals surface area contributed by atoms with E-state index in [1.807, 2.05) is 95.6 Å². The van der Waals surface area contributed by atoms with Gasteiger partial charge in [-0.05, 0) is 71.8 Å². The highest BCUT2D eigenvalue weighted by molar-refractivity contribution is 7.99. The predicted octanol–water partition coefficient (Wildman–Crippen LogP) is 6.42. The van der Waals surface area contributed by atoms with E-state index in [9.17, 15) is 4.79 Å². The third-order valence-corrected chi connectivity index (χ3v) is 7.09. The van der Waals surface area contributed by atoms with Gasteiger partial charge in [-0.3, -0.25) is 9.36 Å². The zero-order chi connectivity index (χ0) is 28.4. The van der Waals surface area contributed by atoms with Crippen LogP contribution in [0.4, 0.5) is 0 Å². The van der Waals surface area contributed by atoms with Gasteiger partial charge >= 0.3 is 0 Å². The Labute approximate surface area is 247 Å². The number of rotatable bonds is 11. The number of nitrogens with one attached hydrogen (secondary N) is 1. The fourth-order valence-corrected chi connectivity index (χ4v) is 4.75. The SMILES string of the molecule is COc1ccc(-c2nnc(SCC(=O)N/N=C\c3cccc(OCc4ccccc4)c3)n2-c2ccc(Cl)cc2)cc1. The van der Waals surface area contributed by atoms with E-state index >= 15 is 0 Å². The fraction of sp³-hybridized carbons (Fsp3) is 0.0968. The smallest absolute Gasteiger partial charge is 0.250 e. The van der Waals surface area contributed by atoms with E-state index in [0.29, 0.717) is 28.4 Å². The minimum atomic E-state index is -0.278. The van der Waals surface area contributed by atoms with Crippen molar-refractivity contribution >= 4 is 35.5 Å². The molecule has 0 aliphatic heterocycles. The van der Waals surface area contributed by atoms with Gasteiger partial charge in [0.15, 0.2) is 11.0 Å². The van der Waals surface area contributed by atoms with Gasteiger partial charge in [-0.1, -0.05) is 65.8 Å². The van der Waals surface area contributed by atoms with Crippen LogP contribution in [0.2, 0.25) is 5.02 Å². The molecule has 0 fully saturated rings. The molecule has 1 amide bonds. The van der Waals surface area contributed by atoms with E-state index in [4.69, 9.17) is 21.1 Å². The van der Waals surface area contributed by atoms with Gasteiger partial charge in [-0.25, -0.2) is 5.43 Å². The van der Waals surface area contributed by atoms with Crippen LogP contribution in [0, 0.1) is 0 Å². The maximum Gasteiger partial charge on any atom is 0.250 e. The summed E-state index contributed by atoms with van der Waals surface area (Å²) < 4.78 is 13.0. The van der Waals surface area contributed by atoms with Gasteiger partial charge in [0.2, 0.25) is 0 Å². The van der Waals surface area contributed by atoms with Gasteiger partial charge in [0.05, 0.1) is 19.1 Å². The van der Waals surface area contributed by atoms with E-state index in [-0.39, 0.29) is 11.7 Å². The molecule has 0 atom stereocenters. The monoisotopic (exact) mass is 583 g/mol. The van der Waals surface area contributed by atoms with Gasteiger partial charge in [-0.2, -0.15) is 5.10 Å². The molecule has 0 spiro atoms. The van der Waals surface area contributed by atoms with Crippen molar-refractivity contribution in [3.63, 3.8) is 0 Å². The summed E-state index contributed by atoms with van der Waals surface area (Å²) in [6.07, 6.45) is 1.58. The standard InChI is InChI=1S/C31H26ClN5O3S/c1-39-27-16-10-24(11-17-27)30-35-36-31(37(30)26-14-12-25(32)13-15-26)41-21-29(38)34-33-19-23-8-5-9-28(18-23)40-20-22-6-3-2-4-7-22/h2-19H,20-21H2,1H3,(H,34,38)/b33-19-. The molecule has 0 unspecified atom stereocenters. The van der Waals surface area contributed by atoms with Crippen molar-refractivity contribution in [2.45, 2.75) is 11.8 Å². The second-order valence-electron chi connectivity index (χ2n) is 8.78. The van der Waals surface area contributed by atoms with Crippen molar-refractivity contribution in [3.05, 3.63) is 119 Å². The summed E-state index contributed by atoms with van der Waals surface area (Å²) in [5.41, 5.74) is 6.13. The lowest BCUT2D eigenvalue weighted by Gasteiger charge is -2.11. The highest BCUT2D eigenvalue weighted by Crippen LogP contribution is 2.29. The number of methoxy groups -OCH3 is 1. The molecule has 0 aliphatic carbocycles. The van der Waals surface area contributed by atoms with Crippen LogP contribution in [0.3, 0.4) is 0 Å². The molecule has 4 aromatic carbocycles. The first-order valence-electron chi connectivity index (χ1n) is 12.7. The molecular weight excluding hydrogens is 558 g/mol. The number of hydrogen-bond donors (Lipinski definition) is 1. The maximum absolute atomic E-state index is 12.6. The Balaban J connectivity index is 1.23. The van der Waals surface area contributed by atoms with Gasteiger partial charge < -0.3 is 9.47 Å². The zero-order valence-corrected chi connectivity index (χ0v) is 23.7. The number of thioether (sulfide) groups is 1. The Morgan fingerprint density at radius 2 is 1.73 bits per heavy atom. The summed E-state index contributed by atoms with van der Waals surface area (Å²) in [6.45, 7) is 0.468. The average Bonchev–Trinajstić information content (AvgIpc) is 3.44. The topological polar surface area (TPSA) is 90.6 Å². The van der Waals surface area contributed by atoms with Crippen LogP contribution >= 0.6 is 23.4 Å². The van der Waals surface area contributed by atoms with Crippen LogP contribution in [0.25, 0.3) is 17.1 Å². The summed E-state index contributed by atoms with van der Waals surface area (Å²) in [5.74, 6) is 1.90. The van der Waals surface area contributed by atoms with Crippen molar-refractivity contribution in [1.82, 2.24) is 20.2 Å². The number of hydrazone groups is 1. The number of halogens is 1. The summed E-state index contributed by atoms with van der Waals surface area (Å²) in [6, 6.07) is 32.3. The number of ether oxygens (including phenoxy) is 2. The lowest BCUT2D eigenvalue weighted by atomic mass is 10.2. The summed E-state index contributed by atoms with van der Waals surface area (Å²) in [7, 11) is 1.62. The molecule has 1 heterocycles. The van der Waals surface area contributed by atoms with Crippen molar-refractivity contribution in [2.75, 3.05) is 12.9 Å². The minimum Gasteiger partial charge on any atom is -0.497 e. The van der Waals surface area contributed by atoms with Crippen LogP contribution in [-0.4, -0.2) is 39.7 Å². The van der Waals surface area contributed by atoms with E-state index in [0.717, 1.165) is 28.1 Å². The molecule has 0 aliphatic rings. The Kier molecular flexibility index (Phi) is 9.30. The van der Waals surface area contributed by atoms with Gasteiger partial charge in [-0.15, -0.1) is 10.2 Å². The number of carbonyl (C=O) groups is 1. The molecule has 0 saturated heterocycles. The number of amides is 1. The number of hydrogen-bond acceptors (Lipinski definition) is 7. The largest absolute Gasteiger partial charge is 0.497 e. The van der Waals surface area contributed by atoms with E-state index < -0.39 is 0 Å². The third kappa shape index (κ3) is 7.53. The van der Waals surface area contributed by atoms with Crippen LogP contribution in [0.1, 0.15) is 11.1 Å². The van der Waals surface area contributed by atoms with Gasteiger partial charge in [0.1, 0.15) is 18.1 Å². The molecule has 5 rings (SSSR count). The Morgan fingerprint density at radius 1 is 0.951 bits per heavy atom. The second kappa shape index (κ2) is 13.6. The summed E-state index contributed by atoms with van der Waals surface area (Å²) >= 11 is 7.37. The van der Waals surface area contributed by atoms with Crippen LogP contribution in [0.15, 0.2) is 113 Å². The van der Waals surface area contributed by atoms with Gasteiger partial charge in [0, 0.05) is 16.3 Å². The first-order valence-corrected chi connectivity index (χ1v) is 14.0. The van der Waals surface area contributed by atoms with Gasteiger partial charge in [0.25, 0.3) is 5.91 Å². The van der Waals surface area contributed by atoms with E-state index in [1.54, 1.807) is 25.5 Å². The highest BCUT2D eigenvalue weighted by Gasteiger charge is 2.17. The van der Waals surface area contributed by atoms with Crippen molar-refractivity contribution in [2.24, 2.45) is 5.10 Å². The fourth-order valence-electron chi connectivity index (χ4n) is 3.88. The molecule has 1 aromatic heterocycles. The van der Waals surface area contributed by atoms with Crippen LogP contribution in [0.5, 0.6) is 11.5 Å². The maximum atomic E-state index is 12.6. The first-order chi connectivity index (χ1) is 20.1. The third-order valence-electron chi connectivity index (χ3n) is 5.91. The average molecular weight is 584 g/mol. The van der Waals surface area contributed by atoms with E-state index in [2.05, 4.69) is 20.7 Å². The second-order valence-corrected chi connectivity index (χ2v) is 10.2. The van der Waals surface area contributed by atoms with Crippen molar-refractivity contribution in [3.8, 4) is 28.6 Å². The zero-order valence-electron chi connectivity index (χ0n) is 22.1. The molecule has 5 aromatic rings. The Morgan fingerprint density at radius 3 is 2.49 bits per heavy atom. The number of benzene rings is 4. The number of carbonyl (C=O) groups excluding carboxylic acids is 1. The molecule has 8 nitrogen and oxygen atoms in total. The number of aromatic nitrogens is 3. The molecule has 0 saturated carbocycles. The summed E-state index contributed by atoms with van der Waals surface area (Å²) in [5, 5.41) is 14.1. The highest BCUT2D eigenvalue weighted by atomic mass is 35.5. The first kappa shape index (κ1) is 27.9. The van der Waals surface area contributed by atoms with Crippen molar-refractivity contribution in [1.29, 1.82) is 0 Å². The minimum absolute atomic E-state index is 0.0892. The molecule has 0 radical (unpaired) electrons. The summed E-state index contributed by atoms with van der Waals surface area (Å²) in [4.78, 5) is 12.6. The normalized spacial score (nSPS) is 11.0. The molecular formula is C31H26ClN5O3S. The predicted molar refractivity (Wildman–Crippen MR) is 162 cm³/mol.